The summed E-state index contributed by atoms with van der Waals surface area (Å²) in [6.45, 7) is 0. The molecule has 0 bridgehead atoms. The maximum atomic E-state index is 4.38. The average Bonchev–Trinajstić information content (AvgIpc) is 4.30. The molecule has 0 saturated carbocycles. The topological polar surface area (TPSA) is 226 Å². The van der Waals surface area contributed by atoms with Gasteiger partial charge in [-0.15, -0.1) is 114 Å². The summed E-state index contributed by atoms with van der Waals surface area (Å²) >= 11 is 0. The van der Waals surface area contributed by atoms with Crippen LogP contribution in [0.15, 0.2) is 172 Å². The predicted molar refractivity (Wildman–Crippen MR) is 265 cm³/mol. The van der Waals surface area contributed by atoms with Gasteiger partial charge in [-0.2, -0.15) is 0 Å². The third-order valence-electron chi connectivity index (χ3n) is 10.2. The minimum atomic E-state index is 0. The molecule has 76 heavy (non-hydrogen) atoms. The fourth-order valence-corrected chi connectivity index (χ4v) is 6.82. The van der Waals surface area contributed by atoms with Gasteiger partial charge in [-0.3, -0.25) is 28.7 Å². The van der Waals surface area contributed by atoms with Crippen LogP contribution in [0.1, 0.15) is 0 Å². The fraction of sp³-hybridized carbons (Fsp3) is 0.0769. The van der Waals surface area contributed by atoms with Crippen LogP contribution in [0.5, 0.6) is 0 Å². The molecule has 4 aromatic carbocycles. The Balaban J connectivity index is 0.000000184. The van der Waals surface area contributed by atoms with E-state index < -0.39 is 0 Å². The largest absolute Gasteiger partial charge is 0.285 e. The molecular weight excluding hydrogens is 1670 g/mol. The van der Waals surface area contributed by atoms with Crippen LogP contribution in [0, 0.1) is 24.3 Å². The molecule has 20 nitrogen and oxygen atoms in total. The molecule has 0 N–H and O–H groups in total. The molecule has 0 spiro atoms. The minimum Gasteiger partial charge on any atom is -0.285 e. The summed E-state index contributed by atoms with van der Waals surface area (Å²) in [5.41, 5.74) is 10.8. The molecule has 0 atom stereocenters. The molecule has 12 rings (SSSR count). The summed E-state index contributed by atoms with van der Waals surface area (Å²) in [7, 11) is 7.55. The van der Waals surface area contributed by atoms with E-state index in [0.29, 0.717) is 23.3 Å². The van der Waals surface area contributed by atoms with Gasteiger partial charge in [0, 0.05) is 156 Å². The number of rotatable bonds is 8. The zero-order chi connectivity index (χ0) is 49.5. The van der Waals surface area contributed by atoms with E-state index in [-0.39, 0.29) is 80.4 Å². The van der Waals surface area contributed by atoms with Crippen molar-refractivity contribution in [2.24, 2.45) is 28.2 Å². The number of aromatic nitrogens is 20. The van der Waals surface area contributed by atoms with Crippen LogP contribution in [0.2, 0.25) is 0 Å². The first-order valence-electron chi connectivity index (χ1n) is 21.9. The Morgan fingerprint density at radius 2 is 0.816 bits per heavy atom. The van der Waals surface area contributed by atoms with Crippen LogP contribution in [-0.4, -0.2) is 98.9 Å². The molecule has 0 aliphatic carbocycles. The number of hydrogen-bond acceptors (Lipinski definition) is 16. The fourth-order valence-electron chi connectivity index (χ4n) is 6.82. The Labute approximate surface area is 491 Å². The second-order valence-electron chi connectivity index (χ2n) is 15.3. The molecule has 0 aliphatic heterocycles. The van der Waals surface area contributed by atoms with Crippen molar-refractivity contribution in [3.05, 3.63) is 197 Å². The Morgan fingerprint density at radius 1 is 0.355 bits per heavy atom. The second-order valence-corrected chi connectivity index (χ2v) is 15.3. The number of hydrogen-bond donors (Lipinski definition) is 0. The smallest absolute Gasteiger partial charge is 0.144 e. The van der Waals surface area contributed by atoms with Gasteiger partial charge in [-0.25, -0.2) is 70.2 Å². The molecule has 4 radical (unpaired) electrons. The van der Waals surface area contributed by atoms with E-state index in [0.717, 1.165) is 67.3 Å². The Hall–Kier alpha value is -7.64. The summed E-state index contributed by atoms with van der Waals surface area (Å²) in [6, 6.07) is 43.6. The molecule has 0 amide bonds. The van der Waals surface area contributed by atoms with Gasteiger partial charge in [-0.1, -0.05) is 52.1 Å². The molecule has 8 heterocycles. The molecule has 24 heteroatoms. The van der Waals surface area contributed by atoms with E-state index in [4.69, 9.17) is 0 Å². The molecular formula is C52H40Ir4N20-4. The van der Waals surface area contributed by atoms with Gasteiger partial charge < -0.3 is 0 Å². The van der Waals surface area contributed by atoms with Crippen molar-refractivity contribution < 1.29 is 80.4 Å². The van der Waals surface area contributed by atoms with Crippen LogP contribution < -0.4 is 0 Å². The summed E-state index contributed by atoms with van der Waals surface area (Å²) in [5.74, 6) is 2.54. The monoisotopic (exact) mass is 1720 g/mol. The van der Waals surface area contributed by atoms with Gasteiger partial charge >= 0.3 is 0 Å². The van der Waals surface area contributed by atoms with Gasteiger partial charge in [0.2, 0.25) is 0 Å². The third kappa shape index (κ3) is 15.9. The second kappa shape index (κ2) is 29.4. The van der Waals surface area contributed by atoms with Gasteiger partial charge in [0.1, 0.15) is 68.1 Å². The maximum absolute atomic E-state index is 4.38. The standard InChI is InChI=1S/4C13H10N5.4Ir/c1-18-7-6-12(17-18)10-2-4-11(5-3-10)13-15-8-14-9-16-13;2*1-18-6-5-12(17-18)10-3-2-4-11(7-10)13-15-8-14-9-16-13;1-18-7-6-12(17-18)10-4-2-3-5-11(10)13-15-8-14-9-16-13;;;;/h2*2,4-9H,1H3;2-6,8-9H,1H3;2-3,5-9H,1H3;;;;/q4*-1;;;;. The first kappa shape index (κ1) is 59.2. The van der Waals surface area contributed by atoms with E-state index in [1.54, 1.807) is 18.7 Å². The van der Waals surface area contributed by atoms with Crippen LogP contribution in [0.3, 0.4) is 0 Å². The Morgan fingerprint density at radius 3 is 1.32 bits per heavy atom. The SMILES string of the molecule is Cn1ccc(-c2[c-]c(-c3ncncn3)ccc2)n1.Cn1ccc(-c2[c-]cc(-c3ncncn3)cc2)n1.Cn1ccc(-c2[c-]ccc(-c3ncncn3)c2)n1.Cn1ccc(-c2[c-]cccc2-c2ncncn2)n1.[Ir].[Ir].[Ir].[Ir]. The van der Waals surface area contributed by atoms with Gasteiger partial charge in [0.15, 0.2) is 0 Å². The molecule has 8 aromatic heterocycles. The number of benzene rings is 4. The summed E-state index contributed by atoms with van der Waals surface area (Å²) in [4.78, 5) is 48.2. The van der Waals surface area contributed by atoms with Crippen molar-refractivity contribution >= 4 is 0 Å². The van der Waals surface area contributed by atoms with E-state index in [9.17, 15) is 0 Å². The molecule has 0 saturated heterocycles. The summed E-state index contributed by atoms with van der Waals surface area (Å²) < 4.78 is 7.05. The van der Waals surface area contributed by atoms with Crippen LogP contribution >= 0.6 is 0 Å². The molecule has 12 aromatic rings. The van der Waals surface area contributed by atoms with E-state index >= 15 is 0 Å². The summed E-state index contributed by atoms with van der Waals surface area (Å²) in [5, 5.41) is 17.4. The maximum Gasteiger partial charge on any atom is 0.144 e. The Bertz CT molecular complexity index is 3480. The number of aryl methyl sites for hydroxylation is 4. The first-order valence-corrected chi connectivity index (χ1v) is 21.9. The minimum absolute atomic E-state index is 0. The van der Waals surface area contributed by atoms with Crippen molar-refractivity contribution in [2.75, 3.05) is 0 Å². The average molecular weight is 1710 g/mol. The quantitative estimate of drug-likeness (QED) is 0.140. The Kier molecular flexibility index (Phi) is 23.0. The zero-order valence-corrected chi connectivity index (χ0v) is 50.0. The predicted octanol–water partition coefficient (Wildman–Crippen LogP) is 6.95. The van der Waals surface area contributed by atoms with E-state index in [1.807, 2.05) is 150 Å². The van der Waals surface area contributed by atoms with Gasteiger partial charge in [-0.05, 0) is 0 Å². The molecule has 0 aliphatic rings. The van der Waals surface area contributed by atoms with Gasteiger partial charge in [0.25, 0.3) is 0 Å². The van der Waals surface area contributed by atoms with Crippen molar-refractivity contribution in [1.82, 2.24) is 98.9 Å². The first-order chi connectivity index (χ1) is 35.3. The van der Waals surface area contributed by atoms with Gasteiger partial charge in [0.05, 0.1) is 5.82 Å². The zero-order valence-electron chi connectivity index (χ0n) is 40.4. The number of nitrogens with zero attached hydrogens (tertiary/aromatic N) is 20. The van der Waals surface area contributed by atoms with Crippen LogP contribution in [0.25, 0.3) is 90.6 Å². The third-order valence-corrected chi connectivity index (χ3v) is 10.2. The van der Waals surface area contributed by atoms with Crippen LogP contribution in [0.4, 0.5) is 0 Å². The van der Waals surface area contributed by atoms with Crippen molar-refractivity contribution in [3.8, 4) is 90.6 Å². The van der Waals surface area contributed by atoms with Crippen molar-refractivity contribution in [1.29, 1.82) is 0 Å². The molecule has 0 unspecified atom stereocenters. The van der Waals surface area contributed by atoms with Crippen molar-refractivity contribution in [3.63, 3.8) is 0 Å². The normalized spacial score (nSPS) is 9.95. The van der Waals surface area contributed by atoms with E-state index in [2.05, 4.69) is 104 Å². The van der Waals surface area contributed by atoms with E-state index in [1.165, 1.54) is 50.6 Å². The molecule has 0 fully saturated rings. The molecule has 388 valence electrons. The van der Waals surface area contributed by atoms with Crippen molar-refractivity contribution in [2.45, 2.75) is 0 Å². The summed E-state index contributed by atoms with van der Waals surface area (Å²) in [6.07, 6.45) is 19.5. The van der Waals surface area contributed by atoms with Crippen LogP contribution in [-0.2, 0) is 109 Å².